The van der Waals surface area contributed by atoms with Gasteiger partial charge >= 0.3 is 5.97 Å². The van der Waals surface area contributed by atoms with Crippen molar-refractivity contribution in [1.82, 2.24) is 5.06 Å². The number of benzene rings is 2. The predicted molar refractivity (Wildman–Crippen MR) is 211 cm³/mol. The van der Waals surface area contributed by atoms with E-state index in [0.717, 1.165) is 33.9 Å². The summed E-state index contributed by atoms with van der Waals surface area (Å²) in [5.41, 5.74) is 5.49. The predicted octanol–water partition coefficient (Wildman–Crippen LogP) is 5.79. The van der Waals surface area contributed by atoms with E-state index in [9.17, 15) is 35.8 Å². The molecule has 0 saturated carbocycles. The lowest BCUT2D eigenvalue weighted by Crippen LogP contribution is -2.32. The van der Waals surface area contributed by atoms with Crippen molar-refractivity contribution in [2.45, 2.75) is 96.3 Å². The molecule has 0 atom stereocenters. The number of ether oxygens (including phenoxy) is 1. The molecule has 5 rings (SSSR count). The second-order valence-corrected chi connectivity index (χ2v) is 18.5. The summed E-state index contributed by atoms with van der Waals surface area (Å²) >= 11 is 0. The van der Waals surface area contributed by atoms with E-state index >= 15 is 0 Å². The van der Waals surface area contributed by atoms with Gasteiger partial charge in [0.25, 0.3) is 32.1 Å². The van der Waals surface area contributed by atoms with Gasteiger partial charge < -0.3 is 14.5 Å². The lowest BCUT2D eigenvalue weighted by molar-refractivity contribution is -0.438. The standard InChI is InChI=1S/C40H51N3O11S2/c1-39(2)30-14-7-8-15-32(30)41(24-10-11-26-55(47,48)49)34(39)16-12-17-35-40(3,4)31-20-19-29(53-25-13-27-56(50,51)52)28-33(31)42(35)23-9-5-6-18-38(46)54-43-36(44)21-22-37(43)45/h7-8,12,14-17,19-20,28H,5-6,9-11,13,18,21-27H2,1-4H3,(H-,47,48,49,50,51,52)/p+1. The van der Waals surface area contributed by atoms with Gasteiger partial charge in [0.2, 0.25) is 5.69 Å². The lowest BCUT2D eigenvalue weighted by atomic mass is 9.81. The van der Waals surface area contributed by atoms with Crippen molar-refractivity contribution in [2.75, 3.05) is 36.1 Å². The molecule has 1 saturated heterocycles. The molecule has 16 heteroatoms. The fourth-order valence-electron chi connectivity index (χ4n) is 7.62. The first-order valence-corrected chi connectivity index (χ1v) is 22.2. The highest BCUT2D eigenvalue weighted by molar-refractivity contribution is 7.86. The number of carbonyl (C=O) groups is 3. The second kappa shape index (κ2) is 17.4. The number of hydroxylamine groups is 2. The number of nitrogens with zero attached hydrogens (tertiary/aromatic N) is 3. The van der Waals surface area contributed by atoms with E-state index in [4.69, 9.17) is 14.1 Å². The zero-order valence-corrected chi connectivity index (χ0v) is 34.0. The average molecular weight is 815 g/mol. The fourth-order valence-corrected chi connectivity index (χ4v) is 8.67. The van der Waals surface area contributed by atoms with Crippen LogP contribution in [0.1, 0.15) is 96.6 Å². The van der Waals surface area contributed by atoms with Crippen LogP contribution in [-0.4, -0.2) is 90.3 Å². The molecule has 2 amide bonds. The first-order valence-electron chi connectivity index (χ1n) is 18.9. The minimum Gasteiger partial charge on any atom is -0.493 e. The normalized spacial score (nSPS) is 18.4. The molecule has 1 fully saturated rings. The summed E-state index contributed by atoms with van der Waals surface area (Å²) in [5, 5.41) is 0.561. The van der Waals surface area contributed by atoms with Crippen LogP contribution in [0.4, 0.5) is 11.4 Å². The zero-order chi connectivity index (χ0) is 40.9. The smallest absolute Gasteiger partial charge is 0.333 e. The topological polar surface area (TPSA) is 188 Å². The number of anilines is 1. The zero-order valence-electron chi connectivity index (χ0n) is 32.4. The molecule has 0 spiro atoms. The third-order valence-corrected chi connectivity index (χ3v) is 12.1. The maximum absolute atomic E-state index is 12.4. The van der Waals surface area contributed by atoms with Crippen molar-refractivity contribution in [1.29, 1.82) is 0 Å². The molecule has 3 aliphatic rings. The SMILES string of the molecule is CC1(C)C(/C=C/C=C2/N(CCCCCC(=O)ON3C(=O)CCC3=O)c3cc(OCCCS(=O)(=O)O)ccc3C2(C)C)=[N+](CCCCS(=O)(=O)O)c2ccccc21. The van der Waals surface area contributed by atoms with E-state index in [-0.39, 0.29) is 43.5 Å². The maximum atomic E-state index is 12.4. The van der Waals surface area contributed by atoms with Crippen LogP contribution in [0.5, 0.6) is 5.75 Å². The molecule has 304 valence electrons. The molecule has 2 aromatic rings. The highest BCUT2D eigenvalue weighted by Gasteiger charge is 2.44. The van der Waals surface area contributed by atoms with E-state index in [0.29, 0.717) is 56.0 Å². The summed E-state index contributed by atoms with van der Waals surface area (Å²) in [7, 11) is -8.15. The number of imide groups is 1. The van der Waals surface area contributed by atoms with E-state index in [2.05, 4.69) is 61.5 Å². The molecule has 0 bridgehead atoms. The van der Waals surface area contributed by atoms with Crippen LogP contribution in [0.3, 0.4) is 0 Å². The Bertz CT molecular complexity index is 2140. The highest BCUT2D eigenvalue weighted by atomic mass is 32.2. The van der Waals surface area contributed by atoms with E-state index < -0.39 is 49.2 Å². The third kappa shape index (κ3) is 10.3. The van der Waals surface area contributed by atoms with Gasteiger partial charge in [-0.1, -0.05) is 50.6 Å². The Labute approximate surface area is 329 Å². The highest BCUT2D eigenvalue weighted by Crippen LogP contribution is 2.49. The van der Waals surface area contributed by atoms with Crippen molar-refractivity contribution >= 4 is 55.1 Å². The van der Waals surface area contributed by atoms with Gasteiger partial charge in [0, 0.05) is 72.8 Å². The number of allylic oxidation sites excluding steroid dienone is 4. The summed E-state index contributed by atoms with van der Waals surface area (Å²) < 4.78 is 71.6. The molecular weight excluding hydrogens is 763 g/mol. The monoisotopic (exact) mass is 814 g/mol. The molecule has 2 aromatic carbocycles. The molecule has 3 aliphatic heterocycles. The van der Waals surface area contributed by atoms with Crippen LogP contribution < -0.4 is 9.64 Å². The molecule has 14 nitrogen and oxygen atoms in total. The first kappa shape index (κ1) is 42.8. The maximum Gasteiger partial charge on any atom is 0.333 e. The lowest BCUT2D eigenvalue weighted by Gasteiger charge is -2.27. The quantitative estimate of drug-likeness (QED) is 0.0753. The Hall–Kier alpha value is -4.38. The number of fused-ring (bicyclic) bond motifs is 2. The van der Waals surface area contributed by atoms with E-state index in [1.807, 2.05) is 36.4 Å². The number of rotatable bonds is 19. The summed E-state index contributed by atoms with van der Waals surface area (Å²) in [6, 6.07) is 13.9. The fraction of sp³-hybridized carbons (Fsp3) is 0.500. The van der Waals surface area contributed by atoms with Crippen molar-refractivity contribution in [2.24, 2.45) is 0 Å². The molecule has 2 N–H and O–H groups in total. The number of para-hydroxylation sites is 1. The van der Waals surface area contributed by atoms with Gasteiger partial charge in [0.15, 0.2) is 5.71 Å². The Morgan fingerprint density at radius 2 is 1.52 bits per heavy atom. The van der Waals surface area contributed by atoms with Gasteiger partial charge in [-0.05, 0) is 57.2 Å². The third-order valence-electron chi connectivity index (χ3n) is 10.5. The van der Waals surface area contributed by atoms with Crippen LogP contribution in [0.2, 0.25) is 0 Å². The van der Waals surface area contributed by atoms with Gasteiger partial charge in [-0.25, -0.2) is 4.79 Å². The molecule has 56 heavy (non-hydrogen) atoms. The number of unbranched alkanes of at least 4 members (excludes halogenated alkanes) is 3. The number of hydrogen-bond donors (Lipinski definition) is 2. The van der Waals surface area contributed by atoms with Crippen molar-refractivity contribution in [3.63, 3.8) is 0 Å². The molecule has 0 radical (unpaired) electrons. The molecule has 0 aromatic heterocycles. The van der Waals surface area contributed by atoms with Crippen molar-refractivity contribution in [3.8, 4) is 5.75 Å². The Kier molecular flexibility index (Phi) is 13.3. The molecule has 0 unspecified atom stereocenters. The van der Waals surface area contributed by atoms with Gasteiger partial charge in [0.05, 0.1) is 23.5 Å². The minimum atomic E-state index is -4.10. The second-order valence-electron chi connectivity index (χ2n) is 15.4. The summed E-state index contributed by atoms with van der Waals surface area (Å²) in [5.74, 6) is -1.82. The van der Waals surface area contributed by atoms with E-state index in [1.54, 1.807) is 0 Å². The molecule has 0 aliphatic carbocycles. The number of hydrogen-bond acceptors (Lipinski definition) is 10. The summed E-state index contributed by atoms with van der Waals surface area (Å²) in [6.07, 6.45) is 9.20. The van der Waals surface area contributed by atoms with Crippen LogP contribution >= 0.6 is 0 Å². The Morgan fingerprint density at radius 3 is 2.21 bits per heavy atom. The van der Waals surface area contributed by atoms with Gasteiger partial charge in [-0.2, -0.15) is 21.4 Å². The largest absolute Gasteiger partial charge is 0.493 e. The van der Waals surface area contributed by atoms with E-state index in [1.165, 1.54) is 0 Å². The first-order chi connectivity index (χ1) is 26.3. The van der Waals surface area contributed by atoms with Gasteiger partial charge in [0.1, 0.15) is 12.3 Å². The average Bonchev–Trinajstić information content (AvgIpc) is 3.62. The Morgan fingerprint density at radius 1 is 0.839 bits per heavy atom. The summed E-state index contributed by atoms with van der Waals surface area (Å²) in [6.45, 7) is 9.85. The van der Waals surface area contributed by atoms with Crippen LogP contribution in [0.15, 0.2) is 66.4 Å². The molecule has 3 heterocycles. The van der Waals surface area contributed by atoms with Gasteiger partial charge in [-0.3, -0.25) is 18.7 Å². The minimum absolute atomic E-state index is 0.0326. The number of amides is 2. The van der Waals surface area contributed by atoms with Crippen molar-refractivity contribution in [3.05, 3.63) is 77.5 Å². The van der Waals surface area contributed by atoms with Crippen molar-refractivity contribution < 1.29 is 54.5 Å². The number of carbonyl (C=O) groups excluding carboxylic acids is 3. The molecular formula is C40H52N3O11S2+. The van der Waals surface area contributed by atoms with Gasteiger partial charge in [-0.15, -0.1) is 5.06 Å². The summed E-state index contributed by atoms with van der Waals surface area (Å²) in [4.78, 5) is 43.3. The van der Waals surface area contributed by atoms with Crippen LogP contribution in [-0.2, 0) is 50.3 Å². The van der Waals surface area contributed by atoms with Crippen LogP contribution in [0.25, 0.3) is 0 Å². The Balaban J connectivity index is 1.38. The van der Waals surface area contributed by atoms with Crippen LogP contribution in [0, 0.1) is 0 Å².